The van der Waals surface area contributed by atoms with E-state index in [1.54, 1.807) is 0 Å². The average molecular weight is 225 g/mol. The Labute approximate surface area is 88.0 Å². The summed E-state index contributed by atoms with van der Waals surface area (Å²) < 4.78 is 40.9. The molecule has 2 nitrogen and oxygen atoms in total. The fourth-order valence-electron chi connectivity index (χ4n) is 2.07. The van der Waals surface area contributed by atoms with E-state index in [0.29, 0.717) is 18.9 Å². The zero-order valence-corrected chi connectivity index (χ0v) is 8.89. The van der Waals surface area contributed by atoms with Crippen molar-refractivity contribution in [3.8, 4) is 0 Å². The Bertz CT molecular complexity index is 196. The summed E-state index contributed by atoms with van der Waals surface area (Å²) in [7, 11) is 0. The molecule has 90 valence electrons. The van der Waals surface area contributed by atoms with Gasteiger partial charge in [-0.3, -0.25) is 0 Å². The van der Waals surface area contributed by atoms with Gasteiger partial charge in [-0.25, -0.2) is 0 Å². The topological polar surface area (TPSA) is 35.2 Å². The Morgan fingerprint density at radius 3 is 2.53 bits per heavy atom. The molecule has 2 N–H and O–H groups in total. The highest BCUT2D eigenvalue weighted by molar-refractivity contribution is 4.80. The van der Waals surface area contributed by atoms with E-state index in [9.17, 15) is 13.2 Å². The highest BCUT2D eigenvalue weighted by Gasteiger charge is 2.33. The van der Waals surface area contributed by atoms with Crippen LogP contribution < -0.4 is 5.73 Å². The van der Waals surface area contributed by atoms with Crippen molar-refractivity contribution in [3.05, 3.63) is 0 Å². The molecule has 0 aromatic carbocycles. The SMILES string of the molecule is CC1CCC(CN)C(OCC(F)(F)F)C1. The molecule has 15 heavy (non-hydrogen) atoms. The Hall–Kier alpha value is -0.290. The number of hydrogen-bond donors (Lipinski definition) is 1. The molecule has 0 heterocycles. The number of nitrogens with two attached hydrogens (primary N) is 1. The van der Waals surface area contributed by atoms with Gasteiger partial charge in [-0.2, -0.15) is 13.2 Å². The van der Waals surface area contributed by atoms with E-state index >= 15 is 0 Å². The van der Waals surface area contributed by atoms with Crippen LogP contribution >= 0.6 is 0 Å². The van der Waals surface area contributed by atoms with Crippen LogP contribution in [0.1, 0.15) is 26.2 Å². The first-order valence-corrected chi connectivity index (χ1v) is 5.31. The maximum Gasteiger partial charge on any atom is 0.411 e. The van der Waals surface area contributed by atoms with E-state index in [2.05, 4.69) is 0 Å². The van der Waals surface area contributed by atoms with E-state index < -0.39 is 12.8 Å². The molecule has 1 aliphatic rings. The van der Waals surface area contributed by atoms with Crippen molar-refractivity contribution in [1.29, 1.82) is 0 Å². The molecule has 1 rings (SSSR count). The molecule has 0 radical (unpaired) electrons. The van der Waals surface area contributed by atoms with Crippen LogP contribution in [0.5, 0.6) is 0 Å². The van der Waals surface area contributed by atoms with Crippen molar-refractivity contribution in [2.75, 3.05) is 13.2 Å². The second kappa shape index (κ2) is 5.16. The lowest BCUT2D eigenvalue weighted by Crippen LogP contribution is -2.37. The third-order valence-electron chi connectivity index (χ3n) is 2.95. The second-order valence-electron chi connectivity index (χ2n) is 4.38. The molecular formula is C10H18F3NO. The third-order valence-corrected chi connectivity index (χ3v) is 2.95. The van der Waals surface area contributed by atoms with Crippen molar-refractivity contribution in [2.45, 2.75) is 38.5 Å². The number of ether oxygens (including phenoxy) is 1. The normalized spacial score (nSPS) is 33.0. The van der Waals surface area contributed by atoms with Gasteiger partial charge in [-0.05, 0) is 31.2 Å². The van der Waals surface area contributed by atoms with Gasteiger partial charge in [0.05, 0.1) is 6.10 Å². The lowest BCUT2D eigenvalue weighted by molar-refractivity contribution is -0.194. The predicted octanol–water partition coefficient (Wildman–Crippen LogP) is 2.33. The number of hydrogen-bond acceptors (Lipinski definition) is 2. The molecule has 1 saturated carbocycles. The molecule has 0 saturated heterocycles. The highest BCUT2D eigenvalue weighted by Crippen LogP contribution is 2.31. The highest BCUT2D eigenvalue weighted by atomic mass is 19.4. The summed E-state index contributed by atoms with van der Waals surface area (Å²) in [6, 6.07) is 0. The summed E-state index contributed by atoms with van der Waals surface area (Å²) in [4.78, 5) is 0. The minimum atomic E-state index is -4.24. The molecule has 3 unspecified atom stereocenters. The van der Waals surface area contributed by atoms with Crippen LogP contribution in [0, 0.1) is 11.8 Å². The van der Waals surface area contributed by atoms with Crippen LogP contribution in [0.3, 0.4) is 0 Å². The van der Waals surface area contributed by atoms with E-state index in [4.69, 9.17) is 10.5 Å². The van der Waals surface area contributed by atoms with Crippen LogP contribution in [0.4, 0.5) is 13.2 Å². The molecule has 1 fully saturated rings. The fraction of sp³-hybridized carbons (Fsp3) is 1.00. The monoisotopic (exact) mass is 225 g/mol. The fourth-order valence-corrected chi connectivity index (χ4v) is 2.07. The Morgan fingerprint density at radius 2 is 2.00 bits per heavy atom. The quantitative estimate of drug-likeness (QED) is 0.800. The van der Waals surface area contributed by atoms with Crippen LogP contribution in [0.2, 0.25) is 0 Å². The van der Waals surface area contributed by atoms with Crippen molar-refractivity contribution in [3.63, 3.8) is 0 Å². The molecule has 0 spiro atoms. The van der Waals surface area contributed by atoms with Gasteiger partial charge in [0, 0.05) is 0 Å². The van der Waals surface area contributed by atoms with Gasteiger partial charge in [0.1, 0.15) is 6.61 Å². The maximum absolute atomic E-state index is 12.0. The van der Waals surface area contributed by atoms with Crippen molar-refractivity contribution >= 4 is 0 Å². The first-order valence-electron chi connectivity index (χ1n) is 5.31. The molecule has 3 atom stereocenters. The molecular weight excluding hydrogens is 207 g/mol. The summed E-state index contributed by atoms with van der Waals surface area (Å²) in [5.74, 6) is 0.523. The Kier molecular flexibility index (Phi) is 4.40. The number of rotatable bonds is 3. The molecule has 1 aliphatic carbocycles. The minimum absolute atomic E-state index is 0.0866. The predicted molar refractivity (Wildman–Crippen MR) is 51.4 cm³/mol. The van der Waals surface area contributed by atoms with E-state index in [1.165, 1.54) is 0 Å². The summed E-state index contributed by atoms with van der Waals surface area (Å²) in [5, 5.41) is 0. The van der Waals surface area contributed by atoms with Gasteiger partial charge in [-0.1, -0.05) is 13.3 Å². The van der Waals surface area contributed by atoms with Crippen LogP contribution in [0.25, 0.3) is 0 Å². The van der Waals surface area contributed by atoms with Gasteiger partial charge in [-0.15, -0.1) is 0 Å². The summed E-state index contributed by atoms with van der Waals surface area (Å²) in [6.45, 7) is 1.30. The maximum atomic E-state index is 12.0. The van der Waals surface area contributed by atoms with Gasteiger partial charge in [0.15, 0.2) is 0 Å². The minimum Gasteiger partial charge on any atom is -0.368 e. The second-order valence-corrected chi connectivity index (χ2v) is 4.38. The lowest BCUT2D eigenvalue weighted by Gasteiger charge is -2.34. The standard InChI is InChI=1S/C10H18F3NO/c1-7-2-3-8(5-14)9(4-7)15-6-10(11,12)13/h7-9H,2-6,14H2,1H3. The van der Waals surface area contributed by atoms with Gasteiger partial charge in [0.25, 0.3) is 0 Å². The first-order chi connectivity index (χ1) is 6.92. The Morgan fingerprint density at radius 1 is 1.33 bits per heavy atom. The molecule has 5 heteroatoms. The van der Waals surface area contributed by atoms with Gasteiger partial charge < -0.3 is 10.5 Å². The first kappa shape index (κ1) is 12.8. The van der Waals surface area contributed by atoms with Gasteiger partial charge >= 0.3 is 6.18 Å². The molecule has 0 aromatic heterocycles. The van der Waals surface area contributed by atoms with Crippen LogP contribution in [-0.2, 0) is 4.74 Å². The molecule has 0 aliphatic heterocycles. The zero-order chi connectivity index (χ0) is 11.5. The molecule has 0 bridgehead atoms. The van der Waals surface area contributed by atoms with E-state index in [-0.39, 0.29) is 12.0 Å². The van der Waals surface area contributed by atoms with Crippen LogP contribution in [0.15, 0.2) is 0 Å². The largest absolute Gasteiger partial charge is 0.411 e. The van der Waals surface area contributed by atoms with Crippen molar-refractivity contribution in [1.82, 2.24) is 0 Å². The number of alkyl halides is 3. The molecule has 0 amide bonds. The number of halogens is 3. The third kappa shape index (κ3) is 4.38. The molecule has 0 aromatic rings. The van der Waals surface area contributed by atoms with Gasteiger partial charge in [0.2, 0.25) is 0 Å². The van der Waals surface area contributed by atoms with E-state index in [0.717, 1.165) is 12.8 Å². The zero-order valence-electron chi connectivity index (χ0n) is 8.89. The Balaban J connectivity index is 2.42. The van der Waals surface area contributed by atoms with Crippen molar-refractivity contribution < 1.29 is 17.9 Å². The summed E-state index contributed by atoms with van der Waals surface area (Å²) >= 11 is 0. The average Bonchev–Trinajstić information content (AvgIpc) is 2.14. The summed E-state index contributed by atoms with van der Waals surface area (Å²) in [5.41, 5.74) is 5.52. The smallest absolute Gasteiger partial charge is 0.368 e. The van der Waals surface area contributed by atoms with Crippen LogP contribution in [-0.4, -0.2) is 25.4 Å². The van der Waals surface area contributed by atoms with E-state index in [1.807, 2.05) is 6.92 Å². The summed E-state index contributed by atoms with van der Waals surface area (Å²) in [6.07, 6.45) is -1.95. The lowest BCUT2D eigenvalue weighted by atomic mass is 9.80. The van der Waals surface area contributed by atoms with Crippen molar-refractivity contribution in [2.24, 2.45) is 17.6 Å².